The maximum Gasteiger partial charge on any atom is 0.318 e. The van der Waals surface area contributed by atoms with E-state index in [2.05, 4.69) is 10.5 Å². The van der Waals surface area contributed by atoms with Crippen molar-refractivity contribution in [2.24, 2.45) is 5.16 Å². The van der Waals surface area contributed by atoms with Gasteiger partial charge in [0.15, 0.2) is 6.10 Å². The number of hydrogen-bond donors (Lipinski definition) is 1. The smallest absolute Gasteiger partial charge is 0.318 e. The first kappa shape index (κ1) is 19.9. The van der Waals surface area contributed by atoms with Crippen LogP contribution in [0.5, 0.6) is 0 Å². The van der Waals surface area contributed by atoms with Gasteiger partial charge in [-0.05, 0) is 44.0 Å². The number of carbonyl (C=O) groups is 1. The van der Waals surface area contributed by atoms with Gasteiger partial charge in [-0.1, -0.05) is 41.6 Å². The lowest BCUT2D eigenvalue weighted by molar-refractivity contribution is 0.0586. The quantitative estimate of drug-likeness (QED) is 0.811. The monoisotopic (exact) mass is 383 g/mol. The second-order valence-corrected chi connectivity index (χ2v) is 7.40. The molecule has 5 nitrogen and oxygen atoms in total. The molecule has 0 aliphatic carbocycles. The van der Waals surface area contributed by atoms with Crippen molar-refractivity contribution >= 4 is 11.7 Å². The Hall–Kier alpha value is -2.89. The number of aryl methyl sites for hydroxylation is 1. The summed E-state index contributed by atoms with van der Waals surface area (Å²) in [6.07, 6.45) is 0.424. The van der Waals surface area contributed by atoms with E-state index in [1.54, 1.807) is 17.0 Å². The number of rotatable bonds is 6. The van der Waals surface area contributed by atoms with Crippen LogP contribution in [-0.4, -0.2) is 35.3 Å². The minimum Gasteiger partial charge on any atom is -0.390 e. The topological polar surface area (TPSA) is 53.9 Å². The van der Waals surface area contributed by atoms with Crippen LogP contribution in [-0.2, 0) is 11.4 Å². The third-order valence-electron chi connectivity index (χ3n) is 4.60. The Morgan fingerprint density at radius 2 is 1.96 bits per heavy atom. The van der Waals surface area contributed by atoms with Crippen molar-refractivity contribution in [2.45, 2.75) is 45.9 Å². The Morgan fingerprint density at radius 1 is 1.25 bits per heavy atom. The maximum absolute atomic E-state index is 13.2. The van der Waals surface area contributed by atoms with Crippen LogP contribution in [0.3, 0.4) is 0 Å². The molecule has 2 aromatic rings. The molecule has 0 unspecified atom stereocenters. The van der Waals surface area contributed by atoms with E-state index < -0.39 is 0 Å². The number of amides is 2. The highest BCUT2D eigenvalue weighted by Crippen LogP contribution is 2.21. The molecule has 1 aliphatic heterocycles. The van der Waals surface area contributed by atoms with Gasteiger partial charge in [0.1, 0.15) is 5.82 Å². The van der Waals surface area contributed by atoms with Gasteiger partial charge in [0.25, 0.3) is 0 Å². The van der Waals surface area contributed by atoms with Gasteiger partial charge in [0.2, 0.25) is 0 Å². The van der Waals surface area contributed by atoms with E-state index >= 15 is 0 Å². The van der Waals surface area contributed by atoms with E-state index in [0.29, 0.717) is 19.5 Å². The number of benzene rings is 2. The van der Waals surface area contributed by atoms with Crippen molar-refractivity contribution in [3.05, 3.63) is 71.0 Å². The van der Waals surface area contributed by atoms with E-state index in [-0.39, 0.29) is 24.0 Å². The molecule has 2 amide bonds. The highest BCUT2D eigenvalue weighted by atomic mass is 19.1. The molecule has 1 aliphatic rings. The van der Waals surface area contributed by atoms with E-state index in [4.69, 9.17) is 4.84 Å². The summed E-state index contributed by atoms with van der Waals surface area (Å²) in [5, 5.41) is 7.17. The Morgan fingerprint density at radius 3 is 2.64 bits per heavy atom. The molecule has 0 aromatic heterocycles. The van der Waals surface area contributed by atoms with Crippen molar-refractivity contribution in [2.75, 3.05) is 6.54 Å². The number of oxime groups is 1. The molecule has 0 fully saturated rings. The first-order valence-corrected chi connectivity index (χ1v) is 9.51. The molecule has 0 saturated heterocycles. The summed E-state index contributed by atoms with van der Waals surface area (Å²) < 4.78 is 13.2. The Kier molecular flexibility index (Phi) is 6.29. The minimum absolute atomic E-state index is 0.0199. The van der Waals surface area contributed by atoms with Crippen LogP contribution in [0.1, 0.15) is 37.0 Å². The summed E-state index contributed by atoms with van der Waals surface area (Å²) in [4.78, 5) is 20.0. The molecular formula is C22H26FN3O2. The summed E-state index contributed by atoms with van der Waals surface area (Å²) in [5.74, 6) is -0.294. The molecule has 1 heterocycles. The summed E-state index contributed by atoms with van der Waals surface area (Å²) in [7, 11) is 0. The fraction of sp³-hybridized carbons (Fsp3) is 0.364. The second kappa shape index (κ2) is 8.87. The standard InChI is InChI=1S/C22H26FN3O2/c1-15(2)24-22(27)26(13-17-8-10-18(23)11-9-17)14-19-12-21(25-28-19)20-7-5-4-6-16(20)3/h4-11,15,19H,12-14H2,1-3H3,(H,24,27)/t19-/m0/s1. The number of nitrogens with one attached hydrogen (secondary N) is 1. The maximum atomic E-state index is 13.2. The average molecular weight is 383 g/mol. The van der Waals surface area contributed by atoms with Crippen molar-refractivity contribution in [1.29, 1.82) is 0 Å². The van der Waals surface area contributed by atoms with Crippen molar-refractivity contribution < 1.29 is 14.0 Å². The Labute approximate surface area is 165 Å². The number of carbonyl (C=O) groups excluding carboxylic acids is 1. The van der Waals surface area contributed by atoms with E-state index in [0.717, 1.165) is 22.4 Å². The molecule has 28 heavy (non-hydrogen) atoms. The lowest BCUT2D eigenvalue weighted by Gasteiger charge is -2.26. The van der Waals surface area contributed by atoms with Gasteiger partial charge in [-0.15, -0.1) is 0 Å². The molecular weight excluding hydrogens is 357 g/mol. The largest absolute Gasteiger partial charge is 0.390 e. The predicted molar refractivity (Wildman–Crippen MR) is 108 cm³/mol. The van der Waals surface area contributed by atoms with Gasteiger partial charge in [-0.2, -0.15) is 0 Å². The highest BCUT2D eigenvalue weighted by molar-refractivity contribution is 6.02. The summed E-state index contributed by atoms with van der Waals surface area (Å²) in [5.41, 5.74) is 3.97. The predicted octanol–water partition coefficient (Wildman–Crippen LogP) is 4.25. The van der Waals surface area contributed by atoms with E-state index in [9.17, 15) is 9.18 Å². The van der Waals surface area contributed by atoms with Crippen molar-refractivity contribution in [3.63, 3.8) is 0 Å². The first-order valence-electron chi connectivity index (χ1n) is 9.51. The number of halogens is 1. The molecule has 3 rings (SSSR count). The molecule has 6 heteroatoms. The summed E-state index contributed by atoms with van der Waals surface area (Å²) in [6, 6.07) is 14.1. The molecule has 0 bridgehead atoms. The lowest BCUT2D eigenvalue weighted by Crippen LogP contribution is -2.45. The average Bonchev–Trinajstić information content (AvgIpc) is 3.11. The molecule has 0 saturated carbocycles. The van der Waals surface area contributed by atoms with Gasteiger partial charge in [0.05, 0.1) is 12.3 Å². The molecule has 2 aromatic carbocycles. The zero-order valence-electron chi connectivity index (χ0n) is 16.5. The molecule has 0 spiro atoms. The van der Waals surface area contributed by atoms with Crippen molar-refractivity contribution in [3.8, 4) is 0 Å². The van der Waals surface area contributed by atoms with E-state index in [1.807, 2.05) is 45.0 Å². The third-order valence-corrected chi connectivity index (χ3v) is 4.60. The van der Waals surface area contributed by atoms with Gasteiger partial charge >= 0.3 is 6.03 Å². The van der Waals surface area contributed by atoms with Crippen LogP contribution in [0.2, 0.25) is 0 Å². The second-order valence-electron chi connectivity index (χ2n) is 7.40. The van der Waals surface area contributed by atoms with Crippen LogP contribution in [0.25, 0.3) is 0 Å². The van der Waals surface area contributed by atoms with Gasteiger partial charge in [0, 0.05) is 24.6 Å². The normalized spacial score (nSPS) is 15.9. The van der Waals surface area contributed by atoms with Gasteiger partial charge < -0.3 is 15.1 Å². The molecule has 0 radical (unpaired) electrons. The van der Waals surface area contributed by atoms with Crippen LogP contribution >= 0.6 is 0 Å². The number of hydrogen-bond acceptors (Lipinski definition) is 3. The van der Waals surface area contributed by atoms with E-state index in [1.165, 1.54) is 12.1 Å². The van der Waals surface area contributed by atoms with Crippen LogP contribution < -0.4 is 5.32 Å². The fourth-order valence-corrected chi connectivity index (χ4v) is 3.20. The number of urea groups is 1. The fourth-order valence-electron chi connectivity index (χ4n) is 3.20. The summed E-state index contributed by atoms with van der Waals surface area (Å²) in [6.45, 7) is 6.65. The third kappa shape index (κ3) is 5.09. The molecule has 1 atom stereocenters. The van der Waals surface area contributed by atoms with Crippen LogP contribution in [0, 0.1) is 12.7 Å². The minimum atomic E-state index is -0.294. The first-order chi connectivity index (χ1) is 13.4. The molecule has 148 valence electrons. The highest BCUT2D eigenvalue weighted by Gasteiger charge is 2.27. The Bertz CT molecular complexity index is 849. The lowest BCUT2D eigenvalue weighted by atomic mass is 10.0. The van der Waals surface area contributed by atoms with Crippen LogP contribution in [0.4, 0.5) is 9.18 Å². The van der Waals surface area contributed by atoms with Crippen LogP contribution in [0.15, 0.2) is 53.7 Å². The summed E-state index contributed by atoms with van der Waals surface area (Å²) >= 11 is 0. The van der Waals surface area contributed by atoms with Gasteiger partial charge in [-0.3, -0.25) is 0 Å². The SMILES string of the molecule is Cc1ccccc1C1=NO[C@H](CN(Cc2ccc(F)cc2)C(=O)NC(C)C)C1. The zero-order chi connectivity index (χ0) is 20.1. The van der Waals surface area contributed by atoms with Gasteiger partial charge in [-0.25, -0.2) is 9.18 Å². The Balaban J connectivity index is 1.68. The number of nitrogens with zero attached hydrogens (tertiary/aromatic N) is 2. The molecule has 1 N–H and O–H groups in total. The van der Waals surface area contributed by atoms with Crippen molar-refractivity contribution in [1.82, 2.24) is 10.2 Å². The zero-order valence-corrected chi connectivity index (χ0v) is 16.5.